The SMILES string of the molecule is Cc1ccc(CN(C)C)cc1NC(=O)[C@H]1CCO[C@@H]1c1cnn(Cc2ccccc2)c1. The van der Waals surface area contributed by atoms with E-state index >= 15 is 0 Å². The Kier molecular flexibility index (Phi) is 6.49. The Hall–Kier alpha value is -2.96. The third kappa shape index (κ3) is 5.21. The van der Waals surface area contributed by atoms with Crippen molar-refractivity contribution in [3.8, 4) is 0 Å². The molecule has 1 aliphatic heterocycles. The van der Waals surface area contributed by atoms with Crippen molar-refractivity contribution >= 4 is 11.6 Å². The van der Waals surface area contributed by atoms with Gasteiger partial charge in [0.05, 0.1) is 24.8 Å². The molecular weight excluding hydrogens is 388 g/mol. The number of amides is 1. The predicted octanol–water partition coefficient (Wildman–Crippen LogP) is 4.02. The van der Waals surface area contributed by atoms with Crippen molar-refractivity contribution < 1.29 is 9.53 Å². The molecule has 0 saturated carbocycles. The zero-order valence-electron chi connectivity index (χ0n) is 18.4. The Morgan fingerprint density at radius 2 is 2.00 bits per heavy atom. The Bertz CT molecular complexity index is 1030. The number of hydrogen-bond donors (Lipinski definition) is 1. The number of aromatic nitrogens is 2. The number of nitrogens with one attached hydrogen (secondary N) is 1. The van der Waals surface area contributed by atoms with Crippen molar-refractivity contribution in [2.75, 3.05) is 26.0 Å². The molecule has 1 saturated heterocycles. The summed E-state index contributed by atoms with van der Waals surface area (Å²) in [6.07, 6.45) is 4.25. The average molecular weight is 419 g/mol. The number of rotatable bonds is 7. The molecule has 3 aromatic rings. The minimum absolute atomic E-state index is 0.00316. The predicted molar refractivity (Wildman–Crippen MR) is 122 cm³/mol. The van der Waals surface area contributed by atoms with E-state index in [1.54, 1.807) is 0 Å². The van der Waals surface area contributed by atoms with E-state index in [9.17, 15) is 4.79 Å². The zero-order valence-corrected chi connectivity index (χ0v) is 18.4. The molecule has 1 amide bonds. The van der Waals surface area contributed by atoms with E-state index in [-0.39, 0.29) is 17.9 Å². The number of hydrogen-bond acceptors (Lipinski definition) is 4. The second kappa shape index (κ2) is 9.45. The molecule has 1 aromatic heterocycles. The summed E-state index contributed by atoms with van der Waals surface area (Å²) in [7, 11) is 4.08. The number of benzene rings is 2. The maximum atomic E-state index is 13.2. The van der Waals surface area contributed by atoms with Crippen LogP contribution in [0.15, 0.2) is 60.9 Å². The molecule has 6 heteroatoms. The number of ether oxygens (including phenoxy) is 1. The van der Waals surface area contributed by atoms with Gasteiger partial charge in [-0.25, -0.2) is 0 Å². The van der Waals surface area contributed by atoms with E-state index in [0.29, 0.717) is 19.6 Å². The van der Waals surface area contributed by atoms with Gasteiger partial charge in [0.25, 0.3) is 0 Å². The summed E-state index contributed by atoms with van der Waals surface area (Å²) in [5.74, 6) is -0.227. The van der Waals surface area contributed by atoms with Crippen LogP contribution in [-0.2, 0) is 22.6 Å². The Labute approximate surface area is 183 Å². The maximum absolute atomic E-state index is 13.2. The van der Waals surface area contributed by atoms with Crippen molar-refractivity contribution in [3.05, 3.63) is 83.2 Å². The normalized spacial score (nSPS) is 18.5. The van der Waals surface area contributed by atoms with Crippen molar-refractivity contribution in [3.63, 3.8) is 0 Å². The third-order valence-electron chi connectivity index (χ3n) is 5.66. The second-order valence-corrected chi connectivity index (χ2v) is 8.52. The average Bonchev–Trinajstić information content (AvgIpc) is 3.40. The van der Waals surface area contributed by atoms with E-state index in [0.717, 1.165) is 23.4 Å². The highest BCUT2D eigenvalue weighted by Gasteiger charge is 2.36. The first kappa shape index (κ1) is 21.3. The van der Waals surface area contributed by atoms with Gasteiger partial charge in [-0.3, -0.25) is 9.48 Å². The molecule has 2 atom stereocenters. The first-order valence-electron chi connectivity index (χ1n) is 10.7. The zero-order chi connectivity index (χ0) is 21.8. The summed E-state index contributed by atoms with van der Waals surface area (Å²) < 4.78 is 7.86. The molecule has 1 N–H and O–H groups in total. The van der Waals surface area contributed by atoms with Crippen LogP contribution in [0.25, 0.3) is 0 Å². The van der Waals surface area contributed by atoms with Gasteiger partial charge in [-0.05, 0) is 50.2 Å². The Morgan fingerprint density at radius 1 is 1.19 bits per heavy atom. The van der Waals surface area contributed by atoms with E-state index in [4.69, 9.17) is 4.74 Å². The molecule has 0 unspecified atom stereocenters. The van der Waals surface area contributed by atoms with Gasteiger partial charge in [-0.15, -0.1) is 0 Å². The van der Waals surface area contributed by atoms with Crippen LogP contribution in [-0.4, -0.2) is 41.3 Å². The summed E-state index contributed by atoms with van der Waals surface area (Å²) in [4.78, 5) is 15.3. The molecule has 0 bridgehead atoms. The fourth-order valence-corrected chi connectivity index (χ4v) is 4.06. The van der Waals surface area contributed by atoms with E-state index < -0.39 is 0 Å². The first-order chi connectivity index (χ1) is 15.0. The molecule has 0 radical (unpaired) electrons. The van der Waals surface area contributed by atoms with Crippen LogP contribution < -0.4 is 5.32 Å². The standard InChI is InChI=1S/C25H30N4O2/c1-18-9-10-20(15-28(2)3)13-23(18)27-25(30)22-11-12-31-24(22)21-14-26-29(17-21)16-19-7-5-4-6-8-19/h4-10,13-14,17,22,24H,11-12,15-16H2,1-3H3,(H,27,30)/t22-,24+/m0/s1. The van der Waals surface area contributed by atoms with Crippen LogP contribution in [0, 0.1) is 12.8 Å². The van der Waals surface area contributed by atoms with Crippen molar-refractivity contribution in [1.29, 1.82) is 0 Å². The fourth-order valence-electron chi connectivity index (χ4n) is 4.06. The largest absolute Gasteiger partial charge is 0.373 e. The topological polar surface area (TPSA) is 59.4 Å². The number of anilines is 1. The number of nitrogens with zero attached hydrogens (tertiary/aromatic N) is 3. The molecule has 1 aliphatic rings. The van der Waals surface area contributed by atoms with Crippen LogP contribution in [0.1, 0.15) is 34.8 Å². The van der Waals surface area contributed by atoms with Gasteiger partial charge in [0, 0.05) is 30.6 Å². The van der Waals surface area contributed by atoms with Crippen LogP contribution >= 0.6 is 0 Å². The van der Waals surface area contributed by atoms with Crippen LogP contribution in [0.3, 0.4) is 0 Å². The summed E-state index contributed by atoms with van der Waals surface area (Å²) in [5, 5.41) is 7.63. The summed E-state index contributed by atoms with van der Waals surface area (Å²) in [5.41, 5.74) is 5.24. The first-order valence-corrected chi connectivity index (χ1v) is 10.7. The number of aryl methyl sites for hydroxylation is 1. The van der Waals surface area contributed by atoms with Gasteiger partial charge in [0.2, 0.25) is 5.91 Å². The molecule has 2 aromatic carbocycles. The third-order valence-corrected chi connectivity index (χ3v) is 5.66. The van der Waals surface area contributed by atoms with Crippen molar-refractivity contribution in [2.24, 2.45) is 5.92 Å². The summed E-state index contributed by atoms with van der Waals surface area (Å²) >= 11 is 0. The molecule has 2 heterocycles. The van der Waals surface area contributed by atoms with E-state index in [2.05, 4.69) is 45.6 Å². The molecule has 0 aliphatic carbocycles. The Morgan fingerprint density at radius 3 is 2.77 bits per heavy atom. The monoisotopic (exact) mass is 418 g/mol. The smallest absolute Gasteiger partial charge is 0.230 e. The van der Waals surface area contributed by atoms with Crippen LogP contribution in [0.2, 0.25) is 0 Å². The van der Waals surface area contributed by atoms with Gasteiger partial charge in [0.1, 0.15) is 0 Å². The lowest BCUT2D eigenvalue weighted by molar-refractivity contribution is -0.121. The molecule has 0 spiro atoms. The Balaban J connectivity index is 1.46. The quantitative estimate of drug-likeness (QED) is 0.630. The number of carbonyl (C=O) groups is 1. The lowest BCUT2D eigenvalue weighted by Gasteiger charge is -2.19. The highest BCUT2D eigenvalue weighted by atomic mass is 16.5. The van der Waals surface area contributed by atoms with Crippen LogP contribution in [0.4, 0.5) is 5.69 Å². The van der Waals surface area contributed by atoms with Gasteiger partial charge >= 0.3 is 0 Å². The van der Waals surface area contributed by atoms with Crippen molar-refractivity contribution in [2.45, 2.75) is 32.5 Å². The summed E-state index contributed by atoms with van der Waals surface area (Å²) in [6, 6.07) is 16.4. The molecular formula is C25H30N4O2. The van der Waals surface area contributed by atoms with Gasteiger partial charge in [-0.2, -0.15) is 5.10 Å². The van der Waals surface area contributed by atoms with Gasteiger partial charge in [-0.1, -0.05) is 42.5 Å². The second-order valence-electron chi connectivity index (χ2n) is 8.52. The maximum Gasteiger partial charge on any atom is 0.230 e. The van der Waals surface area contributed by atoms with E-state index in [1.807, 2.05) is 56.3 Å². The minimum atomic E-state index is -0.269. The molecule has 31 heavy (non-hydrogen) atoms. The van der Waals surface area contributed by atoms with Gasteiger partial charge in [0.15, 0.2) is 0 Å². The van der Waals surface area contributed by atoms with Crippen molar-refractivity contribution in [1.82, 2.24) is 14.7 Å². The summed E-state index contributed by atoms with van der Waals surface area (Å²) in [6.45, 7) is 4.12. The van der Waals surface area contributed by atoms with Crippen LogP contribution in [0.5, 0.6) is 0 Å². The highest BCUT2D eigenvalue weighted by molar-refractivity contribution is 5.94. The lowest BCUT2D eigenvalue weighted by Crippen LogP contribution is -2.25. The molecule has 4 rings (SSSR count). The fraction of sp³-hybridized carbons (Fsp3) is 0.360. The number of carbonyl (C=O) groups excluding carboxylic acids is 1. The van der Waals surface area contributed by atoms with E-state index in [1.165, 1.54) is 11.1 Å². The minimum Gasteiger partial charge on any atom is -0.373 e. The lowest BCUT2D eigenvalue weighted by atomic mass is 9.96. The van der Waals surface area contributed by atoms with Gasteiger partial charge < -0.3 is 15.0 Å². The molecule has 162 valence electrons. The molecule has 1 fully saturated rings. The highest BCUT2D eigenvalue weighted by Crippen LogP contribution is 2.35. The molecule has 6 nitrogen and oxygen atoms in total.